The molecule has 0 bridgehead atoms. The smallest absolute Gasteiger partial charge is 0.0913 e. The number of benzene rings is 1. The van der Waals surface area contributed by atoms with Crippen molar-refractivity contribution in [2.45, 2.75) is 43.6 Å². The Kier molecular flexibility index (Phi) is 5.85. The molecule has 1 aromatic rings. The van der Waals surface area contributed by atoms with Crippen molar-refractivity contribution in [3.05, 3.63) is 47.7 Å². The minimum absolute atomic E-state index is 0.0881. The van der Waals surface area contributed by atoms with Gasteiger partial charge in [0.1, 0.15) is 0 Å². The molecule has 1 saturated heterocycles. The highest BCUT2D eigenvalue weighted by Gasteiger charge is 2.45. The average molecular weight is 350 g/mol. The second-order valence-electron chi connectivity index (χ2n) is 7.30. The first-order chi connectivity index (χ1) is 11.6. The Balaban J connectivity index is 1.63. The lowest BCUT2D eigenvalue weighted by atomic mass is 9.61. The van der Waals surface area contributed by atoms with Crippen LogP contribution in [-0.2, 0) is 10.2 Å². The quantitative estimate of drug-likeness (QED) is 0.755. The second kappa shape index (κ2) is 7.90. The monoisotopic (exact) mass is 349 g/mol. The molecular weight excluding hydrogens is 322 g/mol. The van der Waals surface area contributed by atoms with E-state index >= 15 is 0 Å². The van der Waals surface area contributed by atoms with E-state index in [2.05, 4.69) is 23.6 Å². The maximum absolute atomic E-state index is 11.0. The molecule has 0 radical (unpaired) electrons. The van der Waals surface area contributed by atoms with E-state index in [4.69, 9.17) is 16.3 Å². The lowest BCUT2D eigenvalue weighted by Gasteiger charge is -2.48. The number of β-amino-alcohol motifs (C(OH)–C–C–N with tert-alkyl or cyclic N) is 1. The van der Waals surface area contributed by atoms with Gasteiger partial charge in [0.15, 0.2) is 0 Å². The number of ether oxygens (including phenoxy) is 1. The van der Waals surface area contributed by atoms with E-state index in [1.807, 2.05) is 12.1 Å². The summed E-state index contributed by atoms with van der Waals surface area (Å²) in [6.07, 6.45) is 6.88. The highest BCUT2D eigenvalue weighted by Crippen LogP contribution is 2.47. The van der Waals surface area contributed by atoms with Crippen molar-refractivity contribution in [3.8, 4) is 0 Å². The number of piperidine rings is 1. The van der Waals surface area contributed by atoms with E-state index in [0.29, 0.717) is 5.92 Å². The zero-order valence-corrected chi connectivity index (χ0v) is 15.0. The van der Waals surface area contributed by atoms with Gasteiger partial charge in [-0.25, -0.2) is 0 Å². The first kappa shape index (κ1) is 17.8. The van der Waals surface area contributed by atoms with Crippen LogP contribution in [0.3, 0.4) is 0 Å². The molecule has 0 spiro atoms. The summed E-state index contributed by atoms with van der Waals surface area (Å²) >= 11 is 6.03. The van der Waals surface area contributed by atoms with Gasteiger partial charge in [0.05, 0.1) is 19.0 Å². The van der Waals surface area contributed by atoms with Gasteiger partial charge in [0.2, 0.25) is 0 Å². The Morgan fingerprint density at radius 3 is 2.71 bits per heavy atom. The van der Waals surface area contributed by atoms with E-state index in [0.717, 1.165) is 44.1 Å². The molecule has 2 aliphatic rings. The number of halogens is 1. The van der Waals surface area contributed by atoms with Crippen LogP contribution in [0.4, 0.5) is 0 Å². The van der Waals surface area contributed by atoms with Crippen molar-refractivity contribution < 1.29 is 9.84 Å². The molecule has 0 aromatic heterocycles. The Bertz CT molecular complexity index is 541. The fraction of sp³-hybridized carbons (Fsp3) is 0.600. The van der Waals surface area contributed by atoms with Gasteiger partial charge in [-0.15, -0.1) is 0 Å². The Morgan fingerprint density at radius 2 is 2.08 bits per heavy atom. The van der Waals surface area contributed by atoms with Gasteiger partial charge in [-0.1, -0.05) is 36.7 Å². The number of hydrogen-bond acceptors (Lipinski definition) is 3. The first-order valence-corrected chi connectivity index (χ1v) is 9.41. The van der Waals surface area contributed by atoms with Gasteiger partial charge < -0.3 is 14.7 Å². The fourth-order valence-electron chi connectivity index (χ4n) is 4.23. The van der Waals surface area contributed by atoms with Gasteiger partial charge in [0.25, 0.3) is 0 Å². The number of rotatable bonds is 7. The summed E-state index contributed by atoms with van der Waals surface area (Å²) < 4.78 is 5.37. The molecule has 24 heavy (non-hydrogen) atoms. The van der Waals surface area contributed by atoms with Crippen molar-refractivity contribution in [1.82, 2.24) is 4.90 Å². The van der Waals surface area contributed by atoms with Gasteiger partial charge in [-0.3, -0.25) is 0 Å². The molecule has 4 heteroatoms. The first-order valence-electron chi connectivity index (χ1n) is 9.03. The van der Waals surface area contributed by atoms with Crippen LogP contribution in [0.1, 0.15) is 37.7 Å². The number of aliphatic hydroxyl groups excluding tert-OH is 1. The molecule has 1 aliphatic heterocycles. The lowest BCUT2D eigenvalue weighted by molar-refractivity contribution is -0.00982. The Hall–Kier alpha value is -1.03. The predicted octanol–water partition coefficient (Wildman–Crippen LogP) is 3.99. The summed E-state index contributed by atoms with van der Waals surface area (Å²) in [6, 6.07) is 8.05. The van der Waals surface area contributed by atoms with Crippen molar-refractivity contribution >= 4 is 11.6 Å². The molecule has 1 aliphatic carbocycles. The average Bonchev–Trinajstić information content (AvgIpc) is 2.54. The largest absolute Gasteiger partial charge is 0.501 e. The maximum Gasteiger partial charge on any atom is 0.0913 e. The minimum Gasteiger partial charge on any atom is -0.501 e. The van der Waals surface area contributed by atoms with Crippen LogP contribution in [0.15, 0.2) is 37.1 Å². The van der Waals surface area contributed by atoms with Crippen LogP contribution in [0, 0.1) is 5.92 Å². The summed E-state index contributed by atoms with van der Waals surface area (Å²) in [5.41, 5.74) is 1.14. The van der Waals surface area contributed by atoms with Gasteiger partial charge >= 0.3 is 0 Å². The van der Waals surface area contributed by atoms with E-state index in [-0.39, 0.29) is 11.5 Å². The third-order valence-corrected chi connectivity index (χ3v) is 6.04. The molecule has 1 aromatic carbocycles. The number of hydrogen-bond donors (Lipinski definition) is 1. The Labute approximate surface area is 150 Å². The molecule has 132 valence electrons. The molecule has 1 heterocycles. The summed E-state index contributed by atoms with van der Waals surface area (Å²) in [4.78, 5) is 2.40. The molecule has 1 N–H and O–H groups in total. The minimum atomic E-state index is -0.327. The molecule has 3 nitrogen and oxygen atoms in total. The van der Waals surface area contributed by atoms with Crippen molar-refractivity contribution in [1.29, 1.82) is 0 Å². The third kappa shape index (κ3) is 3.79. The zero-order valence-electron chi connectivity index (χ0n) is 14.3. The van der Waals surface area contributed by atoms with Crippen molar-refractivity contribution in [2.24, 2.45) is 5.92 Å². The second-order valence-corrected chi connectivity index (χ2v) is 7.74. The fourth-order valence-corrected chi connectivity index (χ4v) is 4.36. The standard InChI is InChI=1S/C20H28ClNO2/c1-2-24-15-16-5-3-12-22(13-16)14-19(23)20(10-4-11-20)17-6-8-18(21)9-7-17/h2,6-9,16,19,23H,1,3-5,10-15H2. The lowest BCUT2D eigenvalue weighted by Crippen LogP contribution is -2.52. The summed E-state index contributed by atoms with van der Waals surface area (Å²) in [5, 5.41) is 11.8. The molecule has 3 rings (SSSR count). The van der Waals surface area contributed by atoms with Crippen LogP contribution >= 0.6 is 11.6 Å². The van der Waals surface area contributed by atoms with E-state index in [1.165, 1.54) is 31.1 Å². The number of aliphatic hydroxyl groups is 1. The maximum atomic E-state index is 11.0. The topological polar surface area (TPSA) is 32.7 Å². The van der Waals surface area contributed by atoms with Crippen molar-refractivity contribution in [3.63, 3.8) is 0 Å². The van der Waals surface area contributed by atoms with Crippen LogP contribution in [-0.4, -0.2) is 42.4 Å². The summed E-state index contributed by atoms with van der Waals surface area (Å²) in [6.45, 7) is 7.17. The van der Waals surface area contributed by atoms with Crippen LogP contribution in [0.2, 0.25) is 5.02 Å². The molecule has 1 saturated carbocycles. The molecule has 2 atom stereocenters. The van der Waals surface area contributed by atoms with E-state index in [1.54, 1.807) is 0 Å². The van der Waals surface area contributed by atoms with Gasteiger partial charge in [0, 0.05) is 29.4 Å². The van der Waals surface area contributed by atoms with Crippen molar-refractivity contribution in [2.75, 3.05) is 26.2 Å². The van der Waals surface area contributed by atoms with Crippen LogP contribution < -0.4 is 0 Å². The van der Waals surface area contributed by atoms with Gasteiger partial charge in [-0.05, 0) is 49.9 Å². The van der Waals surface area contributed by atoms with E-state index < -0.39 is 0 Å². The summed E-state index contributed by atoms with van der Waals surface area (Å²) in [5.74, 6) is 0.539. The predicted molar refractivity (Wildman–Crippen MR) is 98.3 cm³/mol. The molecule has 2 unspecified atom stereocenters. The molecule has 2 fully saturated rings. The highest BCUT2D eigenvalue weighted by atomic mass is 35.5. The molecular formula is C20H28ClNO2. The highest BCUT2D eigenvalue weighted by molar-refractivity contribution is 6.30. The van der Waals surface area contributed by atoms with E-state index in [9.17, 15) is 5.11 Å². The SMILES string of the molecule is C=COCC1CCCN(CC(O)C2(c3ccc(Cl)cc3)CCC2)C1. The number of nitrogens with zero attached hydrogens (tertiary/aromatic N) is 1. The van der Waals surface area contributed by atoms with Crippen LogP contribution in [0.5, 0.6) is 0 Å². The number of likely N-dealkylation sites (tertiary alicyclic amines) is 1. The Morgan fingerprint density at radius 1 is 1.33 bits per heavy atom. The normalized spacial score (nSPS) is 24.8. The molecule has 0 amide bonds. The summed E-state index contributed by atoms with van der Waals surface area (Å²) in [7, 11) is 0. The zero-order chi connectivity index (χ0) is 17.0. The van der Waals surface area contributed by atoms with Crippen LogP contribution in [0.25, 0.3) is 0 Å². The third-order valence-electron chi connectivity index (χ3n) is 5.79. The van der Waals surface area contributed by atoms with Gasteiger partial charge in [-0.2, -0.15) is 0 Å².